The van der Waals surface area contributed by atoms with Crippen LogP contribution in [0.25, 0.3) is 11.3 Å². The smallest absolute Gasteiger partial charge is 0.185 e. The first-order valence-corrected chi connectivity index (χ1v) is 4.53. The van der Waals surface area contributed by atoms with Gasteiger partial charge in [0.1, 0.15) is 11.5 Å². The van der Waals surface area contributed by atoms with E-state index < -0.39 is 0 Å². The van der Waals surface area contributed by atoms with Crippen LogP contribution in [0.15, 0.2) is 40.8 Å². The van der Waals surface area contributed by atoms with Gasteiger partial charge in [0.25, 0.3) is 0 Å². The number of hydrogen-bond donors (Lipinski definition) is 0. The molecule has 0 fully saturated rings. The molecule has 2 rings (SSSR count). The van der Waals surface area contributed by atoms with E-state index in [2.05, 4.69) is 0 Å². The number of carbonyl (C=O) groups excluding carboxylic acids is 1. The highest BCUT2D eigenvalue weighted by Gasteiger charge is 2.08. The first-order valence-electron chi connectivity index (χ1n) is 4.53. The zero-order valence-corrected chi connectivity index (χ0v) is 8.27. The highest BCUT2D eigenvalue weighted by Crippen LogP contribution is 2.30. The summed E-state index contributed by atoms with van der Waals surface area (Å²) in [5.41, 5.74) is 0.841. The summed E-state index contributed by atoms with van der Waals surface area (Å²) in [7, 11) is 1.60. The molecule has 0 aliphatic heterocycles. The van der Waals surface area contributed by atoms with E-state index in [-0.39, 0.29) is 0 Å². The molecule has 0 atom stereocenters. The highest BCUT2D eigenvalue weighted by atomic mass is 16.5. The summed E-state index contributed by atoms with van der Waals surface area (Å²) in [4.78, 5) is 10.5. The largest absolute Gasteiger partial charge is 0.496 e. The van der Waals surface area contributed by atoms with E-state index in [9.17, 15) is 4.79 Å². The van der Waals surface area contributed by atoms with Gasteiger partial charge in [-0.05, 0) is 24.3 Å². The third-order valence-corrected chi connectivity index (χ3v) is 2.12. The van der Waals surface area contributed by atoms with Crippen molar-refractivity contribution in [2.75, 3.05) is 7.11 Å². The van der Waals surface area contributed by atoms with Gasteiger partial charge in [-0.15, -0.1) is 0 Å². The van der Waals surface area contributed by atoms with Crippen molar-refractivity contribution in [1.29, 1.82) is 0 Å². The van der Waals surface area contributed by atoms with Gasteiger partial charge in [0.2, 0.25) is 0 Å². The second-order valence-electron chi connectivity index (χ2n) is 3.02. The normalized spacial score (nSPS) is 9.93. The van der Waals surface area contributed by atoms with E-state index in [1.807, 2.05) is 24.3 Å². The summed E-state index contributed by atoms with van der Waals surface area (Å²) in [5.74, 6) is 1.68. The summed E-state index contributed by atoms with van der Waals surface area (Å²) >= 11 is 0. The van der Waals surface area contributed by atoms with Crippen molar-refractivity contribution < 1.29 is 13.9 Å². The number of benzene rings is 1. The molecule has 0 spiro atoms. The van der Waals surface area contributed by atoms with Crippen molar-refractivity contribution in [3.63, 3.8) is 0 Å². The van der Waals surface area contributed by atoms with Crippen LogP contribution in [-0.2, 0) is 0 Å². The molecule has 15 heavy (non-hydrogen) atoms. The van der Waals surface area contributed by atoms with Crippen LogP contribution in [0, 0.1) is 0 Å². The van der Waals surface area contributed by atoms with E-state index in [1.165, 1.54) is 0 Å². The van der Waals surface area contributed by atoms with Gasteiger partial charge in [-0.1, -0.05) is 12.1 Å². The fourth-order valence-corrected chi connectivity index (χ4v) is 1.41. The second-order valence-corrected chi connectivity index (χ2v) is 3.02. The molecule has 0 unspecified atom stereocenters. The van der Waals surface area contributed by atoms with Crippen LogP contribution in [0.3, 0.4) is 0 Å². The molecule has 1 aromatic carbocycles. The number of furan rings is 1. The summed E-state index contributed by atoms with van der Waals surface area (Å²) in [5, 5.41) is 0. The van der Waals surface area contributed by atoms with E-state index in [0.717, 1.165) is 11.3 Å². The number of ether oxygens (including phenoxy) is 1. The Hall–Kier alpha value is -2.03. The van der Waals surface area contributed by atoms with Crippen LogP contribution in [0.4, 0.5) is 0 Å². The van der Waals surface area contributed by atoms with Crippen LogP contribution in [-0.4, -0.2) is 13.4 Å². The fraction of sp³-hybridized carbons (Fsp3) is 0.0833. The lowest BCUT2D eigenvalue weighted by molar-refractivity contribution is 0.110. The molecular weight excluding hydrogens is 192 g/mol. The minimum atomic E-state index is 0.316. The predicted molar refractivity (Wildman–Crippen MR) is 56.1 cm³/mol. The molecule has 0 amide bonds. The molecule has 0 aliphatic rings. The van der Waals surface area contributed by atoms with Gasteiger partial charge in [-0.25, -0.2) is 0 Å². The maximum absolute atomic E-state index is 10.5. The molecule has 0 saturated heterocycles. The third kappa shape index (κ3) is 1.76. The van der Waals surface area contributed by atoms with Crippen molar-refractivity contribution in [2.24, 2.45) is 0 Å². The van der Waals surface area contributed by atoms with Crippen molar-refractivity contribution >= 4 is 6.29 Å². The standard InChI is InChI=1S/C12H10O3/c1-14-11-5-3-2-4-10(11)12-7-6-9(8-13)15-12/h2-8H,1H3. The summed E-state index contributed by atoms with van der Waals surface area (Å²) in [6.45, 7) is 0. The van der Waals surface area contributed by atoms with E-state index >= 15 is 0 Å². The monoisotopic (exact) mass is 202 g/mol. The number of aldehydes is 1. The number of rotatable bonds is 3. The first-order chi connectivity index (χ1) is 7.35. The van der Waals surface area contributed by atoms with Crippen LogP contribution >= 0.6 is 0 Å². The molecule has 76 valence electrons. The van der Waals surface area contributed by atoms with Crippen LogP contribution in [0.5, 0.6) is 5.75 Å². The molecule has 3 nitrogen and oxygen atoms in total. The van der Waals surface area contributed by atoms with Crippen molar-refractivity contribution in [3.05, 3.63) is 42.2 Å². The predicted octanol–water partition coefficient (Wildman–Crippen LogP) is 2.77. The lowest BCUT2D eigenvalue weighted by Crippen LogP contribution is -1.85. The fourth-order valence-electron chi connectivity index (χ4n) is 1.41. The van der Waals surface area contributed by atoms with Crippen molar-refractivity contribution in [1.82, 2.24) is 0 Å². The molecule has 0 radical (unpaired) electrons. The quantitative estimate of drug-likeness (QED) is 0.718. The molecule has 0 aliphatic carbocycles. The number of para-hydroxylation sites is 1. The van der Waals surface area contributed by atoms with Crippen LogP contribution in [0.1, 0.15) is 10.6 Å². The van der Waals surface area contributed by atoms with E-state index in [1.54, 1.807) is 19.2 Å². The van der Waals surface area contributed by atoms with Gasteiger partial charge in [0.05, 0.1) is 12.7 Å². The molecule has 2 aromatic rings. The minimum Gasteiger partial charge on any atom is -0.496 e. The number of hydrogen-bond acceptors (Lipinski definition) is 3. The SMILES string of the molecule is COc1ccccc1-c1ccc(C=O)o1. The van der Waals surface area contributed by atoms with Gasteiger partial charge in [0.15, 0.2) is 12.0 Å². The van der Waals surface area contributed by atoms with Gasteiger partial charge in [-0.3, -0.25) is 4.79 Å². The molecule has 0 saturated carbocycles. The molecule has 1 heterocycles. The summed E-state index contributed by atoms with van der Waals surface area (Å²) in [6, 6.07) is 10.9. The van der Waals surface area contributed by atoms with Gasteiger partial charge in [0, 0.05) is 0 Å². The van der Waals surface area contributed by atoms with E-state index in [4.69, 9.17) is 9.15 Å². The minimum absolute atomic E-state index is 0.316. The first kappa shape index (κ1) is 9.52. The Morgan fingerprint density at radius 3 is 2.67 bits per heavy atom. The topological polar surface area (TPSA) is 39.4 Å². The Kier molecular flexibility index (Phi) is 2.54. The molecule has 0 bridgehead atoms. The van der Waals surface area contributed by atoms with Crippen molar-refractivity contribution in [2.45, 2.75) is 0 Å². The van der Waals surface area contributed by atoms with Crippen molar-refractivity contribution in [3.8, 4) is 17.1 Å². The lowest BCUT2D eigenvalue weighted by atomic mass is 10.1. The number of carbonyl (C=O) groups is 1. The van der Waals surface area contributed by atoms with Gasteiger partial charge in [-0.2, -0.15) is 0 Å². The van der Waals surface area contributed by atoms with Crippen LogP contribution in [0.2, 0.25) is 0 Å². The van der Waals surface area contributed by atoms with Gasteiger partial charge >= 0.3 is 0 Å². The Labute approximate surface area is 87.3 Å². The zero-order chi connectivity index (χ0) is 10.7. The molecule has 0 N–H and O–H groups in total. The van der Waals surface area contributed by atoms with E-state index in [0.29, 0.717) is 17.8 Å². The van der Waals surface area contributed by atoms with Crippen LogP contribution < -0.4 is 4.74 Å². The molecule has 3 heteroatoms. The lowest BCUT2D eigenvalue weighted by Gasteiger charge is -2.04. The summed E-state index contributed by atoms with van der Waals surface area (Å²) in [6.07, 6.45) is 0.679. The average Bonchev–Trinajstić information content (AvgIpc) is 2.77. The number of methoxy groups -OCH3 is 1. The Balaban J connectivity index is 2.48. The molecular formula is C12H10O3. The highest BCUT2D eigenvalue weighted by molar-refractivity contribution is 5.74. The van der Waals surface area contributed by atoms with Gasteiger partial charge < -0.3 is 9.15 Å². The molecule has 1 aromatic heterocycles. The zero-order valence-electron chi connectivity index (χ0n) is 8.27. The Morgan fingerprint density at radius 1 is 1.20 bits per heavy atom. The Morgan fingerprint density at radius 2 is 2.00 bits per heavy atom. The second kappa shape index (κ2) is 4.00. The maximum atomic E-state index is 10.5. The third-order valence-electron chi connectivity index (χ3n) is 2.12. The maximum Gasteiger partial charge on any atom is 0.185 e. The average molecular weight is 202 g/mol. The summed E-state index contributed by atoms with van der Waals surface area (Å²) < 4.78 is 10.5. The Bertz CT molecular complexity index is 471.